The number of aromatic nitrogens is 2. The third kappa shape index (κ3) is 2.32. The van der Waals surface area contributed by atoms with Crippen molar-refractivity contribution in [3.05, 3.63) is 46.9 Å². The minimum atomic E-state index is -0.499. The number of ether oxygens (including phenoxy) is 1. The van der Waals surface area contributed by atoms with E-state index in [9.17, 15) is 4.79 Å². The molecule has 0 radical (unpaired) electrons. The third-order valence-electron chi connectivity index (χ3n) is 3.76. The fourth-order valence-corrected chi connectivity index (χ4v) is 2.39. The Morgan fingerprint density at radius 3 is 2.77 bits per heavy atom. The molecule has 0 aliphatic heterocycles. The molecule has 0 unspecified atom stereocenters. The van der Waals surface area contributed by atoms with Crippen molar-refractivity contribution in [1.29, 1.82) is 0 Å². The second kappa shape index (κ2) is 5.22. The lowest BCUT2D eigenvalue weighted by Gasteiger charge is -2.05. The number of hydrogen-bond acceptors (Lipinski definition) is 5. The van der Waals surface area contributed by atoms with Crippen molar-refractivity contribution in [2.45, 2.75) is 20.4 Å². The van der Waals surface area contributed by atoms with Gasteiger partial charge in [0.1, 0.15) is 5.76 Å². The molecule has 0 spiro atoms. The van der Waals surface area contributed by atoms with Crippen molar-refractivity contribution in [1.82, 2.24) is 9.55 Å². The van der Waals surface area contributed by atoms with Gasteiger partial charge in [0.25, 0.3) is 0 Å². The lowest BCUT2D eigenvalue weighted by atomic mass is 10.1. The summed E-state index contributed by atoms with van der Waals surface area (Å²) in [5, 5.41) is 0. The maximum Gasteiger partial charge on any atom is 0.373 e. The largest absolute Gasteiger partial charge is 0.463 e. The molecule has 1 aromatic carbocycles. The highest BCUT2D eigenvalue weighted by atomic mass is 16.5. The van der Waals surface area contributed by atoms with Crippen LogP contribution in [0.2, 0.25) is 0 Å². The van der Waals surface area contributed by atoms with Gasteiger partial charge in [-0.3, -0.25) is 0 Å². The van der Waals surface area contributed by atoms with Crippen LogP contribution in [0, 0.1) is 13.8 Å². The SMILES string of the molecule is COC(=O)c1ccc(Cn2c(N)nc3cc(C)c(C)cc32)o1. The lowest BCUT2D eigenvalue weighted by molar-refractivity contribution is 0.0563. The molecule has 2 N–H and O–H groups in total. The zero-order valence-corrected chi connectivity index (χ0v) is 12.7. The number of nitrogens with two attached hydrogens (primary N) is 1. The molecule has 0 bridgehead atoms. The molecule has 0 aliphatic rings. The Morgan fingerprint density at radius 1 is 1.32 bits per heavy atom. The fourth-order valence-electron chi connectivity index (χ4n) is 2.39. The zero-order valence-electron chi connectivity index (χ0n) is 12.7. The molecule has 0 saturated carbocycles. The first-order chi connectivity index (χ1) is 10.5. The predicted octanol–water partition coefficient (Wildman–Crippen LogP) is 2.66. The summed E-state index contributed by atoms with van der Waals surface area (Å²) >= 11 is 0. The second-order valence-electron chi connectivity index (χ2n) is 5.24. The normalized spacial score (nSPS) is 11.0. The van der Waals surface area contributed by atoms with Crippen molar-refractivity contribution in [2.24, 2.45) is 0 Å². The van der Waals surface area contributed by atoms with Gasteiger partial charge in [-0.05, 0) is 49.2 Å². The number of aryl methyl sites for hydroxylation is 2. The van der Waals surface area contributed by atoms with E-state index in [1.807, 2.05) is 24.5 Å². The Balaban J connectivity index is 2.00. The number of nitrogen functional groups attached to an aromatic ring is 1. The molecule has 6 nitrogen and oxygen atoms in total. The average Bonchev–Trinajstić information content (AvgIpc) is 3.06. The van der Waals surface area contributed by atoms with Crippen LogP contribution in [0.25, 0.3) is 11.0 Å². The number of furan rings is 1. The van der Waals surface area contributed by atoms with Crippen LogP contribution < -0.4 is 5.73 Å². The van der Waals surface area contributed by atoms with Crippen molar-refractivity contribution >= 4 is 23.0 Å². The van der Waals surface area contributed by atoms with Gasteiger partial charge in [-0.15, -0.1) is 0 Å². The van der Waals surface area contributed by atoms with Gasteiger partial charge in [-0.1, -0.05) is 0 Å². The number of rotatable bonds is 3. The van der Waals surface area contributed by atoms with Crippen LogP contribution in [0.3, 0.4) is 0 Å². The van der Waals surface area contributed by atoms with Gasteiger partial charge in [0.05, 0.1) is 24.7 Å². The van der Waals surface area contributed by atoms with E-state index in [4.69, 9.17) is 10.2 Å². The number of imidazole rings is 1. The Hall–Kier alpha value is -2.76. The van der Waals surface area contributed by atoms with Crippen LogP contribution in [-0.4, -0.2) is 22.6 Å². The molecule has 3 aromatic rings. The highest BCUT2D eigenvalue weighted by Crippen LogP contribution is 2.23. The Labute approximate surface area is 127 Å². The van der Waals surface area contributed by atoms with Gasteiger partial charge in [-0.2, -0.15) is 0 Å². The number of carbonyl (C=O) groups is 1. The van der Waals surface area contributed by atoms with Crippen LogP contribution in [0.1, 0.15) is 27.4 Å². The molecule has 2 heterocycles. The molecule has 3 rings (SSSR count). The van der Waals surface area contributed by atoms with Gasteiger partial charge < -0.3 is 19.5 Å². The molecule has 114 valence electrons. The molecule has 0 saturated heterocycles. The highest BCUT2D eigenvalue weighted by Gasteiger charge is 2.14. The molecule has 6 heteroatoms. The molecule has 0 aliphatic carbocycles. The summed E-state index contributed by atoms with van der Waals surface area (Å²) in [4.78, 5) is 15.8. The summed E-state index contributed by atoms with van der Waals surface area (Å²) in [7, 11) is 1.32. The van der Waals surface area contributed by atoms with Gasteiger partial charge in [0.15, 0.2) is 0 Å². The summed E-state index contributed by atoms with van der Waals surface area (Å²) in [5.74, 6) is 0.703. The molecule has 0 fully saturated rings. The number of hydrogen-bond donors (Lipinski definition) is 1. The Morgan fingerprint density at radius 2 is 2.05 bits per heavy atom. The number of anilines is 1. The highest BCUT2D eigenvalue weighted by molar-refractivity contribution is 5.86. The smallest absolute Gasteiger partial charge is 0.373 e. The quantitative estimate of drug-likeness (QED) is 0.752. The number of nitrogens with zero attached hydrogens (tertiary/aromatic N) is 2. The standard InChI is InChI=1S/C16H17N3O3/c1-9-6-12-13(7-10(9)2)19(16(17)18-12)8-11-4-5-14(22-11)15(20)21-3/h4-7H,8H2,1-3H3,(H2,17,18). The van der Waals surface area contributed by atoms with Crippen LogP contribution >= 0.6 is 0 Å². The van der Waals surface area contributed by atoms with E-state index in [-0.39, 0.29) is 5.76 Å². The topological polar surface area (TPSA) is 83.3 Å². The van der Waals surface area contributed by atoms with Crippen LogP contribution in [0.15, 0.2) is 28.7 Å². The Kier molecular flexibility index (Phi) is 3.36. The lowest BCUT2D eigenvalue weighted by Crippen LogP contribution is -2.04. The summed E-state index contributed by atoms with van der Waals surface area (Å²) in [6.07, 6.45) is 0. The number of methoxy groups -OCH3 is 1. The van der Waals surface area contributed by atoms with Gasteiger partial charge in [0, 0.05) is 0 Å². The van der Waals surface area contributed by atoms with Gasteiger partial charge in [-0.25, -0.2) is 9.78 Å². The number of fused-ring (bicyclic) bond motifs is 1. The Bertz CT molecular complexity index is 861. The third-order valence-corrected chi connectivity index (χ3v) is 3.76. The van der Waals surface area contributed by atoms with Crippen LogP contribution in [0.5, 0.6) is 0 Å². The van der Waals surface area contributed by atoms with Crippen molar-refractivity contribution in [2.75, 3.05) is 12.8 Å². The van der Waals surface area contributed by atoms with E-state index < -0.39 is 5.97 Å². The first-order valence-electron chi connectivity index (χ1n) is 6.89. The second-order valence-corrected chi connectivity index (χ2v) is 5.24. The fraction of sp³-hybridized carbons (Fsp3) is 0.250. The predicted molar refractivity (Wildman–Crippen MR) is 82.8 cm³/mol. The van der Waals surface area contributed by atoms with Crippen molar-refractivity contribution in [3.63, 3.8) is 0 Å². The zero-order chi connectivity index (χ0) is 15.9. The summed E-state index contributed by atoms with van der Waals surface area (Å²) in [6.45, 7) is 4.49. The van der Waals surface area contributed by atoms with E-state index in [2.05, 4.69) is 15.8 Å². The van der Waals surface area contributed by atoms with E-state index in [0.717, 1.165) is 11.0 Å². The van der Waals surface area contributed by atoms with Gasteiger partial charge >= 0.3 is 5.97 Å². The number of benzene rings is 1. The first kappa shape index (κ1) is 14.2. The van der Waals surface area contributed by atoms with E-state index in [1.165, 1.54) is 18.2 Å². The first-order valence-corrected chi connectivity index (χ1v) is 6.89. The molecular weight excluding hydrogens is 282 g/mol. The van der Waals surface area contributed by atoms with Crippen molar-refractivity contribution < 1.29 is 13.9 Å². The van der Waals surface area contributed by atoms with E-state index in [1.54, 1.807) is 12.1 Å². The molecule has 0 amide bonds. The monoisotopic (exact) mass is 299 g/mol. The van der Waals surface area contributed by atoms with Gasteiger partial charge in [0.2, 0.25) is 11.7 Å². The summed E-state index contributed by atoms with van der Waals surface area (Å²) in [5.41, 5.74) is 10.1. The maximum absolute atomic E-state index is 11.4. The van der Waals surface area contributed by atoms with Crippen LogP contribution in [0.4, 0.5) is 5.95 Å². The minimum Gasteiger partial charge on any atom is -0.463 e. The molecule has 0 atom stereocenters. The minimum absolute atomic E-state index is 0.174. The maximum atomic E-state index is 11.4. The number of carbonyl (C=O) groups excluding carboxylic acids is 1. The van der Waals surface area contributed by atoms with Crippen molar-refractivity contribution in [3.8, 4) is 0 Å². The molecule has 22 heavy (non-hydrogen) atoms. The molecular formula is C16H17N3O3. The number of esters is 1. The average molecular weight is 299 g/mol. The summed E-state index contributed by atoms with van der Waals surface area (Å²) in [6, 6.07) is 7.39. The summed E-state index contributed by atoms with van der Waals surface area (Å²) < 4.78 is 12.0. The molecule has 2 aromatic heterocycles. The van der Waals surface area contributed by atoms with Crippen LogP contribution in [-0.2, 0) is 11.3 Å². The van der Waals surface area contributed by atoms with E-state index >= 15 is 0 Å². The van der Waals surface area contributed by atoms with E-state index in [0.29, 0.717) is 18.3 Å².